The summed E-state index contributed by atoms with van der Waals surface area (Å²) in [6, 6.07) is 1.52. The summed E-state index contributed by atoms with van der Waals surface area (Å²) in [5.41, 5.74) is 0.811. The first-order valence-electron chi connectivity index (χ1n) is 8.61. The van der Waals surface area contributed by atoms with Gasteiger partial charge >= 0.3 is 6.09 Å². The maximum Gasteiger partial charge on any atom is 0.408 e. The van der Waals surface area contributed by atoms with Crippen LogP contribution in [0.2, 0.25) is 0 Å². The molecular formula is C18H27BrN2O4. The van der Waals surface area contributed by atoms with Crippen molar-refractivity contribution < 1.29 is 19.4 Å². The normalized spacial score (nSPS) is 17.2. The molecular weight excluding hydrogens is 388 g/mol. The smallest absolute Gasteiger partial charge is 0.408 e. The van der Waals surface area contributed by atoms with Crippen LogP contribution in [0.1, 0.15) is 57.3 Å². The number of nitrogens with one attached hydrogen (secondary N) is 1. The van der Waals surface area contributed by atoms with Crippen LogP contribution >= 0.6 is 15.9 Å². The summed E-state index contributed by atoms with van der Waals surface area (Å²) in [7, 11) is 0. The number of aliphatic hydroxyl groups is 1. The number of halogens is 1. The Morgan fingerprint density at radius 2 is 2.16 bits per heavy atom. The molecule has 1 atom stereocenters. The fourth-order valence-corrected chi connectivity index (χ4v) is 3.32. The highest BCUT2D eigenvalue weighted by Crippen LogP contribution is 2.30. The van der Waals surface area contributed by atoms with Gasteiger partial charge in [0.2, 0.25) is 0 Å². The average molecular weight is 415 g/mol. The van der Waals surface area contributed by atoms with Gasteiger partial charge in [0.15, 0.2) is 0 Å². The fraction of sp³-hybridized carbons (Fsp3) is 0.667. The minimum absolute atomic E-state index is 0.137. The van der Waals surface area contributed by atoms with Crippen LogP contribution < -0.4 is 5.32 Å². The third-order valence-electron chi connectivity index (χ3n) is 4.07. The number of carbonyl (C=O) groups is 1. The number of nitrogens with zero attached hydrogens (tertiary/aromatic N) is 1. The first-order valence-corrected chi connectivity index (χ1v) is 9.40. The van der Waals surface area contributed by atoms with Gasteiger partial charge in [0.25, 0.3) is 0 Å². The van der Waals surface area contributed by atoms with Crippen molar-refractivity contribution in [3.63, 3.8) is 0 Å². The molecule has 1 unspecified atom stereocenters. The SMILES string of the molecule is CC(C)(C)OC(=O)NC(CC1CCOCC1)c1ncc(Br)cc1CO. The standard InChI is InChI=1S/C18H27BrN2O4/c1-18(2,3)25-17(23)21-15(8-12-4-6-24-7-5-12)16-13(11-22)9-14(19)10-20-16/h9-10,12,15,22H,4-8,11H2,1-3H3,(H,21,23). The van der Waals surface area contributed by atoms with Crippen molar-refractivity contribution in [2.24, 2.45) is 5.92 Å². The number of ether oxygens (including phenoxy) is 2. The van der Waals surface area contributed by atoms with Crippen LogP contribution in [-0.4, -0.2) is 35.0 Å². The quantitative estimate of drug-likeness (QED) is 0.766. The monoisotopic (exact) mass is 414 g/mol. The van der Waals surface area contributed by atoms with Crippen LogP contribution in [0.4, 0.5) is 4.79 Å². The second-order valence-corrected chi connectivity index (χ2v) is 8.26. The van der Waals surface area contributed by atoms with E-state index in [0.29, 0.717) is 17.2 Å². The van der Waals surface area contributed by atoms with Crippen LogP contribution in [0.5, 0.6) is 0 Å². The number of pyridine rings is 1. The van der Waals surface area contributed by atoms with E-state index in [1.807, 2.05) is 26.8 Å². The summed E-state index contributed by atoms with van der Waals surface area (Å²) in [5.74, 6) is 0.436. The van der Waals surface area contributed by atoms with Crippen molar-refractivity contribution in [2.45, 2.75) is 58.3 Å². The number of aromatic nitrogens is 1. The van der Waals surface area contributed by atoms with Crippen LogP contribution in [-0.2, 0) is 16.1 Å². The fourth-order valence-electron chi connectivity index (χ4n) is 2.94. The van der Waals surface area contributed by atoms with Gasteiger partial charge in [0.05, 0.1) is 18.3 Å². The first kappa shape index (κ1) is 20.1. The summed E-state index contributed by atoms with van der Waals surface area (Å²) in [4.78, 5) is 16.7. The van der Waals surface area contributed by atoms with E-state index in [4.69, 9.17) is 9.47 Å². The molecule has 0 aromatic carbocycles. The minimum atomic E-state index is -0.569. The topological polar surface area (TPSA) is 80.7 Å². The summed E-state index contributed by atoms with van der Waals surface area (Å²) in [5, 5.41) is 12.6. The minimum Gasteiger partial charge on any atom is -0.444 e. The van der Waals surface area contributed by atoms with Crippen molar-refractivity contribution in [3.8, 4) is 0 Å². The zero-order chi connectivity index (χ0) is 18.4. The second kappa shape index (κ2) is 8.96. The van der Waals surface area contributed by atoms with Crippen molar-refractivity contribution in [3.05, 3.63) is 28.0 Å². The van der Waals surface area contributed by atoms with Gasteiger partial charge in [-0.3, -0.25) is 4.98 Å². The van der Waals surface area contributed by atoms with E-state index in [1.165, 1.54) is 0 Å². The molecule has 7 heteroatoms. The van der Waals surface area contributed by atoms with Gasteiger partial charge in [-0.05, 0) is 67.9 Å². The molecule has 140 valence electrons. The van der Waals surface area contributed by atoms with Gasteiger partial charge in [0.1, 0.15) is 5.60 Å². The highest BCUT2D eigenvalue weighted by molar-refractivity contribution is 9.10. The lowest BCUT2D eigenvalue weighted by atomic mass is 9.90. The Kier molecular flexibility index (Phi) is 7.22. The van der Waals surface area contributed by atoms with Gasteiger partial charge < -0.3 is 19.9 Å². The molecule has 1 fully saturated rings. The molecule has 1 aliphatic rings. The lowest BCUT2D eigenvalue weighted by molar-refractivity contribution is 0.0448. The number of carbonyl (C=O) groups excluding carboxylic acids is 1. The van der Waals surface area contributed by atoms with E-state index < -0.39 is 11.7 Å². The maximum atomic E-state index is 12.3. The number of hydrogen-bond acceptors (Lipinski definition) is 5. The molecule has 6 nitrogen and oxygen atoms in total. The van der Waals surface area contributed by atoms with Crippen LogP contribution in [0.25, 0.3) is 0 Å². The lowest BCUT2D eigenvalue weighted by Crippen LogP contribution is -2.37. The second-order valence-electron chi connectivity index (χ2n) is 7.35. The molecule has 2 rings (SSSR count). The summed E-state index contributed by atoms with van der Waals surface area (Å²) in [6.45, 7) is 6.84. The Morgan fingerprint density at radius 1 is 1.48 bits per heavy atom. The molecule has 0 spiro atoms. The summed E-state index contributed by atoms with van der Waals surface area (Å²) < 4.78 is 11.6. The lowest BCUT2D eigenvalue weighted by Gasteiger charge is -2.29. The Morgan fingerprint density at radius 3 is 2.76 bits per heavy atom. The summed E-state index contributed by atoms with van der Waals surface area (Å²) >= 11 is 3.37. The Labute approximate surface area is 157 Å². The average Bonchev–Trinajstić information content (AvgIpc) is 2.53. The molecule has 2 heterocycles. The zero-order valence-electron chi connectivity index (χ0n) is 15.0. The molecule has 0 bridgehead atoms. The molecule has 1 aromatic heterocycles. The van der Waals surface area contributed by atoms with Crippen molar-refractivity contribution in [2.75, 3.05) is 13.2 Å². The third-order valence-corrected chi connectivity index (χ3v) is 4.50. The number of rotatable bonds is 5. The molecule has 0 saturated carbocycles. The van der Waals surface area contributed by atoms with Gasteiger partial charge in [-0.1, -0.05) is 0 Å². The Hall–Kier alpha value is -1.18. The first-order chi connectivity index (χ1) is 11.8. The maximum absolute atomic E-state index is 12.3. The molecule has 25 heavy (non-hydrogen) atoms. The van der Waals surface area contributed by atoms with E-state index in [0.717, 1.165) is 36.9 Å². The number of hydrogen-bond donors (Lipinski definition) is 2. The Balaban J connectivity index is 2.20. The Bertz CT molecular complexity index is 583. The van der Waals surface area contributed by atoms with Crippen molar-refractivity contribution >= 4 is 22.0 Å². The summed E-state index contributed by atoms with van der Waals surface area (Å²) in [6.07, 6.45) is 3.86. The van der Waals surface area contributed by atoms with Crippen LogP contribution in [0.15, 0.2) is 16.7 Å². The molecule has 1 saturated heterocycles. The molecule has 1 amide bonds. The van der Waals surface area contributed by atoms with Crippen LogP contribution in [0, 0.1) is 5.92 Å². The van der Waals surface area contributed by atoms with E-state index in [1.54, 1.807) is 6.20 Å². The van der Waals surface area contributed by atoms with Crippen molar-refractivity contribution in [1.82, 2.24) is 10.3 Å². The van der Waals surface area contributed by atoms with Gasteiger partial charge in [0, 0.05) is 29.4 Å². The predicted molar refractivity (Wildman–Crippen MR) is 98.1 cm³/mol. The van der Waals surface area contributed by atoms with E-state index in [-0.39, 0.29) is 12.6 Å². The number of alkyl carbamates (subject to hydrolysis) is 1. The molecule has 2 N–H and O–H groups in total. The zero-order valence-corrected chi connectivity index (χ0v) is 16.6. The van der Waals surface area contributed by atoms with E-state index in [9.17, 15) is 9.90 Å². The van der Waals surface area contributed by atoms with Gasteiger partial charge in [-0.25, -0.2) is 4.79 Å². The van der Waals surface area contributed by atoms with E-state index >= 15 is 0 Å². The molecule has 1 aromatic rings. The van der Waals surface area contributed by atoms with E-state index in [2.05, 4.69) is 26.2 Å². The third kappa shape index (κ3) is 6.56. The van der Waals surface area contributed by atoms with Crippen molar-refractivity contribution in [1.29, 1.82) is 0 Å². The number of aliphatic hydroxyl groups excluding tert-OH is 1. The van der Waals surface area contributed by atoms with Crippen LogP contribution in [0.3, 0.4) is 0 Å². The molecule has 0 radical (unpaired) electrons. The number of amides is 1. The highest BCUT2D eigenvalue weighted by atomic mass is 79.9. The van der Waals surface area contributed by atoms with Gasteiger partial charge in [-0.2, -0.15) is 0 Å². The highest BCUT2D eigenvalue weighted by Gasteiger charge is 2.27. The molecule has 1 aliphatic heterocycles. The largest absolute Gasteiger partial charge is 0.444 e. The predicted octanol–water partition coefficient (Wildman–Crippen LogP) is 3.72. The van der Waals surface area contributed by atoms with Gasteiger partial charge in [-0.15, -0.1) is 0 Å². The molecule has 0 aliphatic carbocycles.